The van der Waals surface area contributed by atoms with E-state index in [1.165, 1.54) is 16.2 Å². The lowest BCUT2D eigenvalue weighted by Crippen LogP contribution is -2.32. The van der Waals surface area contributed by atoms with Gasteiger partial charge in [0.2, 0.25) is 0 Å². The van der Waals surface area contributed by atoms with Crippen LogP contribution in [0.3, 0.4) is 0 Å². The van der Waals surface area contributed by atoms with Crippen molar-refractivity contribution in [2.45, 2.75) is 27.7 Å². The number of benzene rings is 2. The third-order valence-electron chi connectivity index (χ3n) is 5.18. The van der Waals surface area contributed by atoms with Crippen LogP contribution in [0.2, 0.25) is 0 Å². The van der Waals surface area contributed by atoms with Gasteiger partial charge in [0, 0.05) is 10.6 Å². The summed E-state index contributed by atoms with van der Waals surface area (Å²) >= 11 is 1.44. The predicted molar refractivity (Wildman–Crippen MR) is 130 cm³/mol. The molecule has 0 saturated carbocycles. The summed E-state index contributed by atoms with van der Waals surface area (Å²) in [5.74, 6) is 0.422. The minimum atomic E-state index is -0.366. The molecule has 0 unspecified atom stereocenters. The molecule has 3 aromatic rings. The van der Waals surface area contributed by atoms with Crippen LogP contribution < -0.4 is 15.0 Å². The molecule has 0 saturated heterocycles. The van der Waals surface area contributed by atoms with E-state index >= 15 is 0 Å². The van der Waals surface area contributed by atoms with Crippen LogP contribution in [0.25, 0.3) is 5.57 Å². The lowest BCUT2D eigenvalue weighted by atomic mass is 10.1. The lowest BCUT2D eigenvalue weighted by molar-refractivity contribution is -0.120. The number of rotatable bonds is 7. The van der Waals surface area contributed by atoms with Crippen LogP contribution in [0, 0.1) is 19.8 Å². The van der Waals surface area contributed by atoms with Crippen molar-refractivity contribution in [2.75, 3.05) is 16.8 Å². The number of amides is 2. The van der Waals surface area contributed by atoms with E-state index in [-0.39, 0.29) is 11.8 Å². The number of thiophene rings is 1. The molecule has 5 nitrogen and oxygen atoms in total. The van der Waals surface area contributed by atoms with Gasteiger partial charge in [-0.3, -0.25) is 9.59 Å². The molecule has 2 amide bonds. The zero-order chi connectivity index (χ0) is 22.8. The largest absolute Gasteiger partial charge is 0.493 e. The Morgan fingerprint density at radius 3 is 2.41 bits per heavy atom. The minimum absolute atomic E-state index is 0.297. The van der Waals surface area contributed by atoms with Crippen LogP contribution in [0.4, 0.5) is 11.4 Å². The van der Waals surface area contributed by atoms with Gasteiger partial charge in [0.1, 0.15) is 11.4 Å². The SMILES string of the molecule is Cc1ccc(C)c(NC2=C(c3cccs3)C(=O)N(c3ccc(OCC(C)C)cc3)C2=O)c1. The number of anilines is 2. The summed E-state index contributed by atoms with van der Waals surface area (Å²) in [6.45, 7) is 8.74. The first-order valence-corrected chi connectivity index (χ1v) is 11.5. The molecular weight excluding hydrogens is 420 g/mol. The second-order valence-electron chi connectivity index (χ2n) is 8.32. The number of hydrogen-bond donors (Lipinski definition) is 1. The van der Waals surface area contributed by atoms with E-state index < -0.39 is 0 Å². The third kappa shape index (κ3) is 4.32. The van der Waals surface area contributed by atoms with Crippen LogP contribution in [0.1, 0.15) is 29.9 Å². The van der Waals surface area contributed by atoms with Gasteiger partial charge in [-0.1, -0.05) is 32.0 Å². The molecule has 1 aromatic heterocycles. The van der Waals surface area contributed by atoms with Crippen LogP contribution in [-0.2, 0) is 9.59 Å². The summed E-state index contributed by atoms with van der Waals surface area (Å²) in [6.07, 6.45) is 0. The van der Waals surface area contributed by atoms with E-state index in [2.05, 4.69) is 19.2 Å². The number of hydrogen-bond acceptors (Lipinski definition) is 5. The van der Waals surface area contributed by atoms with Gasteiger partial charge in [-0.15, -0.1) is 11.3 Å². The van der Waals surface area contributed by atoms with Gasteiger partial charge < -0.3 is 10.1 Å². The van der Waals surface area contributed by atoms with Crippen LogP contribution in [0.15, 0.2) is 65.7 Å². The Kier molecular flexibility index (Phi) is 6.15. The summed E-state index contributed by atoms with van der Waals surface area (Å²) in [5.41, 5.74) is 4.09. The molecule has 1 N–H and O–H groups in total. The van der Waals surface area contributed by atoms with Crippen molar-refractivity contribution in [1.82, 2.24) is 0 Å². The van der Waals surface area contributed by atoms with Gasteiger partial charge in [-0.2, -0.15) is 0 Å². The quantitative estimate of drug-likeness (QED) is 0.466. The molecule has 0 aliphatic carbocycles. The van der Waals surface area contributed by atoms with Gasteiger partial charge >= 0.3 is 0 Å². The van der Waals surface area contributed by atoms with Gasteiger partial charge in [-0.05, 0) is 72.7 Å². The highest BCUT2D eigenvalue weighted by molar-refractivity contribution is 7.11. The van der Waals surface area contributed by atoms with Crippen molar-refractivity contribution < 1.29 is 14.3 Å². The monoisotopic (exact) mass is 446 g/mol. The highest BCUT2D eigenvalue weighted by Crippen LogP contribution is 2.36. The summed E-state index contributed by atoms with van der Waals surface area (Å²) in [5, 5.41) is 5.16. The Balaban J connectivity index is 1.69. The standard InChI is InChI=1S/C26H26N2O3S/c1-16(2)15-31-20-11-9-19(10-12-20)28-25(29)23(22-6-5-13-32-22)24(26(28)30)27-21-14-17(3)7-8-18(21)4/h5-14,16,27H,15H2,1-4H3. The third-order valence-corrected chi connectivity index (χ3v) is 6.07. The molecule has 1 aliphatic heterocycles. The maximum atomic E-state index is 13.5. The van der Waals surface area contributed by atoms with Crippen LogP contribution in [0.5, 0.6) is 5.75 Å². The molecule has 0 spiro atoms. The van der Waals surface area contributed by atoms with E-state index in [1.807, 2.05) is 49.6 Å². The smallest absolute Gasteiger partial charge is 0.282 e. The first kappa shape index (κ1) is 21.8. The zero-order valence-corrected chi connectivity index (χ0v) is 19.5. The maximum absolute atomic E-state index is 13.5. The van der Waals surface area contributed by atoms with Gasteiger partial charge in [-0.25, -0.2) is 4.90 Å². The summed E-state index contributed by atoms with van der Waals surface area (Å²) in [4.78, 5) is 28.9. The Labute approximate surface area is 192 Å². The molecule has 0 bridgehead atoms. The molecule has 2 heterocycles. The Hall–Kier alpha value is -3.38. The van der Waals surface area contributed by atoms with Crippen molar-refractivity contribution in [2.24, 2.45) is 5.92 Å². The normalized spacial score (nSPS) is 14.0. The fraction of sp³-hybridized carbons (Fsp3) is 0.231. The van der Waals surface area contributed by atoms with Gasteiger partial charge in [0.15, 0.2) is 0 Å². The highest BCUT2D eigenvalue weighted by atomic mass is 32.1. The van der Waals surface area contributed by atoms with E-state index in [0.29, 0.717) is 35.2 Å². The predicted octanol–water partition coefficient (Wildman–Crippen LogP) is 5.80. The van der Waals surface area contributed by atoms with E-state index in [9.17, 15) is 9.59 Å². The minimum Gasteiger partial charge on any atom is -0.493 e. The van der Waals surface area contributed by atoms with Crippen molar-refractivity contribution in [3.63, 3.8) is 0 Å². The van der Waals surface area contributed by atoms with E-state index in [0.717, 1.165) is 21.7 Å². The number of carbonyl (C=O) groups is 2. The number of aryl methyl sites for hydroxylation is 2. The molecule has 0 radical (unpaired) electrons. The zero-order valence-electron chi connectivity index (χ0n) is 18.6. The van der Waals surface area contributed by atoms with Gasteiger partial charge in [0.05, 0.1) is 17.9 Å². The molecule has 0 atom stereocenters. The van der Waals surface area contributed by atoms with E-state index in [4.69, 9.17) is 4.74 Å². The average molecular weight is 447 g/mol. The summed E-state index contributed by atoms with van der Waals surface area (Å²) < 4.78 is 5.73. The Morgan fingerprint density at radius 1 is 1.00 bits per heavy atom. The van der Waals surface area contributed by atoms with Gasteiger partial charge in [0.25, 0.3) is 11.8 Å². The van der Waals surface area contributed by atoms with Crippen LogP contribution >= 0.6 is 11.3 Å². The second-order valence-corrected chi connectivity index (χ2v) is 9.26. The number of nitrogens with zero attached hydrogens (tertiary/aromatic N) is 1. The fourth-order valence-corrected chi connectivity index (χ4v) is 4.26. The summed E-state index contributed by atoms with van der Waals surface area (Å²) in [6, 6.07) is 16.8. The molecule has 2 aromatic carbocycles. The Bertz CT molecular complexity index is 1180. The number of imide groups is 1. The Morgan fingerprint density at radius 2 is 1.75 bits per heavy atom. The molecule has 1 aliphatic rings. The lowest BCUT2D eigenvalue weighted by Gasteiger charge is -2.17. The molecule has 164 valence electrons. The second kappa shape index (κ2) is 9.01. The number of carbonyl (C=O) groups excluding carboxylic acids is 2. The topological polar surface area (TPSA) is 58.6 Å². The van der Waals surface area contributed by atoms with Crippen molar-refractivity contribution in [3.05, 3.63) is 81.7 Å². The first-order valence-electron chi connectivity index (χ1n) is 10.6. The number of ether oxygens (including phenoxy) is 1. The molecule has 6 heteroatoms. The van der Waals surface area contributed by atoms with Crippen molar-refractivity contribution >= 4 is 40.1 Å². The van der Waals surface area contributed by atoms with Crippen LogP contribution in [-0.4, -0.2) is 18.4 Å². The maximum Gasteiger partial charge on any atom is 0.282 e. The molecule has 32 heavy (non-hydrogen) atoms. The summed E-state index contributed by atoms with van der Waals surface area (Å²) in [7, 11) is 0. The molecule has 0 fully saturated rings. The first-order chi connectivity index (χ1) is 15.3. The van der Waals surface area contributed by atoms with Crippen molar-refractivity contribution in [1.29, 1.82) is 0 Å². The molecular formula is C26H26N2O3S. The highest BCUT2D eigenvalue weighted by Gasteiger charge is 2.40. The molecule has 4 rings (SSSR count). The van der Waals surface area contributed by atoms with E-state index in [1.54, 1.807) is 24.3 Å². The average Bonchev–Trinajstić information content (AvgIpc) is 3.36. The number of nitrogens with one attached hydrogen (secondary N) is 1. The van der Waals surface area contributed by atoms with Crippen molar-refractivity contribution in [3.8, 4) is 5.75 Å². The fourth-order valence-electron chi connectivity index (χ4n) is 3.49.